The number of thiophene rings is 1. The highest BCUT2D eigenvalue weighted by Crippen LogP contribution is 2.10. The van der Waals surface area contributed by atoms with E-state index in [0.717, 1.165) is 11.3 Å². The Kier molecular flexibility index (Phi) is 8.78. The number of hydrogen-bond donors (Lipinski definition) is 4. The summed E-state index contributed by atoms with van der Waals surface area (Å²) in [4.78, 5) is 21.5. The molecule has 0 aliphatic carbocycles. The van der Waals surface area contributed by atoms with Crippen molar-refractivity contribution in [3.05, 3.63) is 22.4 Å². The summed E-state index contributed by atoms with van der Waals surface area (Å²) >= 11 is 1.53. The summed E-state index contributed by atoms with van der Waals surface area (Å²) < 4.78 is 0. The first-order valence-electron chi connectivity index (χ1n) is 6.28. The molecule has 114 valence electrons. The van der Waals surface area contributed by atoms with Crippen LogP contribution in [0.2, 0.25) is 0 Å². The molecular weight excluding hydrogens is 280 g/mol. The van der Waals surface area contributed by atoms with Crippen molar-refractivity contribution < 1.29 is 19.8 Å². The lowest BCUT2D eigenvalue weighted by Gasteiger charge is -2.11. The quantitative estimate of drug-likeness (QED) is 0.624. The molecule has 3 atom stereocenters. The minimum atomic E-state index is -0.946. The second-order valence-electron chi connectivity index (χ2n) is 4.48. The van der Waals surface area contributed by atoms with Crippen molar-refractivity contribution >= 4 is 23.3 Å². The van der Waals surface area contributed by atoms with Crippen molar-refractivity contribution in [1.82, 2.24) is 0 Å². The van der Waals surface area contributed by atoms with E-state index in [1.54, 1.807) is 0 Å². The van der Waals surface area contributed by atoms with Gasteiger partial charge in [-0.25, -0.2) is 0 Å². The van der Waals surface area contributed by atoms with Gasteiger partial charge in [-0.2, -0.15) is 0 Å². The molecule has 1 rings (SSSR count). The van der Waals surface area contributed by atoms with Crippen LogP contribution in [0.25, 0.3) is 0 Å². The molecule has 1 aromatic rings. The predicted octanol–water partition coefficient (Wildman–Crippen LogP) is 1.15. The molecule has 0 fully saturated rings. The topological polar surface area (TPSA) is 127 Å². The predicted molar refractivity (Wildman–Crippen MR) is 78.7 cm³/mol. The third-order valence-corrected chi connectivity index (χ3v) is 3.76. The Morgan fingerprint density at radius 3 is 2.20 bits per heavy atom. The molecule has 6 nitrogen and oxygen atoms in total. The molecule has 1 aromatic heterocycles. The van der Waals surface area contributed by atoms with Gasteiger partial charge < -0.3 is 21.7 Å². The third kappa shape index (κ3) is 7.22. The van der Waals surface area contributed by atoms with Crippen molar-refractivity contribution in [3.63, 3.8) is 0 Å². The number of rotatable bonds is 6. The van der Waals surface area contributed by atoms with Crippen LogP contribution >= 0.6 is 11.3 Å². The summed E-state index contributed by atoms with van der Waals surface area (Å²) in [7, 11) is 0. The molecule has 0 aromatic carbocycles. The average Bonchev–Trinajstić information content (AvgIpc) is 2.90. The second kappa shape index (κ2) is 9.46. The fourth-order valence-electron chi connectivity index (χ4n) is 1.23. The summed E-state index contributed by atoms with van der Waals surface area (Å²) in [5.41, 5.74) is 10.6. The van der Waals surface area contributed by atoms with Crippen LogP contribution in [0.4, 0.5) is 0 Å². The van der Waals surface area contributed by atoms with E-state index in [4.69, 9.17) is 21.7 Å². The Morgan fingerprint density at radius 2 is 1.90 bits per heavy atom. The number of hydrogen-bond acceptors (Lipinski definition) is 5. The Balaban J connectivity index is 0.000000370. The first kappa shape index (κ1) is 18.6. The molecule has 1 heterocycles. The second-order valence-corrected chi connectivity index (χ2v) is 5.51. The Morgan fingerprint density at radius 1 is 1.30 bits per heavy atom. The van der Waals surface area contributed by atoms with Crippen LogP contribution in [-0.2, 0) is 16.0 Å². The largest absolute Gasteiger partial charge is 0.480 e. The molecule has 20 heavy (non-hydrogen) atoms. The van der Waals surface area contributed by atoms with E-state index in [2.05, 4.69) is 0 Å². The van der Waals surface area contributed by atoms with Crippen LogP contribution in [0.5, 0.6) is 0 Å². The Hall–Kier alpha value is -1.44. The monoisotopic (exact) mass is 302 g/mol. The van der Waals surface area contributed by atoms with Crippen LogP contribution in [0, 0.1) is 5.92 Å². The van der Waals surface area contributed by atoms with Crippen molar-refractivity contribution in [1.29, 1.82) is 0 Å². The van der Waals surface area contributed by atoms with Gasteiger partial charge in [0, 0.05) is 11.3 Å². The maximum Gasteiger partial charge on any atom is 0.320 e. The van der Waals surface area contributed by atoms with Crippen LogP contribution in [-0.4, -0.2) is 34.2 Å². The number of aliphatic carboxylic acids is 2. The molecule has 7 heteroatoms. The van der Waals surface area contributed by atoms with Crippen LogP contribution in [0.15, 0.2) is 17.5 Å². The summed E-state index contributed by atoms with van der Waals surface area (Å²) in [6.07, 6.45) is 1.24. The normalized spacial score (nSPS) is 14.6. The summed E-state index contributed by atoms with van der Waals surface area (Å²) in [6.45, 7) is 3.76. The van der Waals surface area contributed by atoms with E-state index >= 15 is 0 Å². The smallest absolute Gasteiger partial charge is 0.320 e. The Bertz CT molecular complexity index is 409. The highest BCUT2D eigenvalue weighted by molar-refractivity contribution is 7.09. The fraction of sp³-hybridized carbons (Fsp3) is 0.538. The fourth-order valence-corrected chi connectivity index (χ4v) is 1.99. The van der Waals surface area contributed by atoms with Crippen molar-refractivity contribution in [2.75, 3.05) is 0 Å². The zero-order valence-corrected chi connectivity index (χ0v) is 12.5. The van der Waals surface area contributed by atoms with E-state index in [1.807, 2.05) is 31.4 Å². The van der Waals surface area contributed by atoms with Gasteiger partial charge in [0.15, 0.2) is 0 Å². The van der Waals surface area contributed by atoms with Gasteiger partial charge in [0.25, 0.3) is 0 Å². The van der Waals surface area contributed by atoms with Gasteiger partial charge in [-0.15, -0.1) is 11.3 Å². The maximum atomic E-state index is 10.3. The van der Waals surface area contributed by atoms with Crippen LogP contribution in [0.1, 0.15) is 25.1 Å². The highest BCUT2D eigenvalue weighted by atomic mass is 32.1. The molecular formula is C13H22N2O4S. The zero-order valence-electron chi connectivity index (χ0n) is 11.7. The van der Waals surface area contributed by atoms with Gasteiger partial charge in [0.2, 0.25) is 0 Å². The molecule has 6 N–H and O–H groups in total. The van der Waals surface area contributed by atoms with E-state index < -0.39 is 24.0 Å². The van der Waals surface area contributed by atoms with Crippen LogP contribution < -0.4 is 11.5 Å². The first-order chi connectivity index (χ1) is 9.29. The van der Waals surface area contributed by atoms with Crippen molar-refractivity contribution in [3.8, 4) is 0 Å². The molecule has 0 bridgehead atoms. The van der Waals surface area contributed by atoms with Gasteiger partial charge in [-0.05, 0) is 17.4 Å². The third-order valence-electron chi connectivity index (χ3n) is 2.86. The van der Waals surface area contributed by atoms with E-state index in [9.17, 15) is 9.59 Å². The number of carboxylic acid groups (broad SMARTS) is 2. The minimum Gasteiger partial charge on any atom is -0.480 e. The summed E-state index contributed by atoms with van der Waals surface area (Å²) in [5.74, 6) is -1.79. The minimum absolute atomic E-state index is 0.0718. The molecule has 0 radical (unpaired) electrons. The van der Waals surface area contributed by atoms with Crippen LogP contribution in [0.3, 0.4) is 0 Å². The lowest BCUT2D eigenvalue weighted by Crippen LogP contribution is -2.36. The van der Waals surface area contributed by atoms with Crippen molar-refractivity contribution in [2.24, 2.45) is 17.4 Å². The molecule has 0 aliphatic heterocycles. The lowest BCUT2D eigenvalue weighted by atomic mass is 10.0. The molecule has 3 unspecified atom stereocenters. The molecule has 0 spiro atoms. The molecule has 0 aliphatic rings. The zero-order chi connectivity index (χ0) is 15.7. The molecule has 0 saturated heterocycles. The van der Waals surface area contributed by atoms with Gasteiger partial charge in [0.05, 0.1) is 0 Å². The van der Waals surface area contributed by atoms with Gasteiger partial charge >= 0.3 is 11.9 Å². The van der Waals surface area contributed by atoms with E-state index in [1.165, 1.54) is 11.3 Å². The summed E-state index contributed by atoms with van der Waals surface area (Å²) in [6, 6.07) is 2.30. The average molecular weight is 302 g/mol. The standard InChI is InChI=1S/C7H9NO2S.C6H13NO2/c8-6(7(9)10)4-5-2-1-3-11-5;1-3-4(2)5(7)6(8)9/h1-3,6H,4,8H2,(H,9,10);4-5H,3,7H2,1-2H3,(H,8,9). The van der Waals surface area contributed by atoms with Crippen molar-refractivity contribution in [2.45, 2.75) is 38.8 Å². The maximum absolute atomic E-state index is 10.3. The van der Waals surface area contributed by atoms with E-state index in [-0.39, 0.29) is 5.92 Å². The number of carboxylic acids is 2. The highest BCUT2D eigenvalue weighted by Gasteiger charge is 2.17. The first-order valence-corrected chi connectivity index (χ1v) is 7.16. The molecule has 0 saturated carbocycles. The molecule has 0 amide bonds. The SMILES string of the molecule is CCC(C)C(N)C(=O)O.NC(Cc1cccs1)C(=O)O. The Labute approximate surface area is 122 Å². The van der Waals surface area contributed by atoms with Gasteiger partial charge in [0.1, 0.15) is 12.1 Å². The van der Waals surface area contributed by atoms with Gasteiger partial charge in [-0.3, -0.25) is 9.59 Å². The lowest BCUT2D eigenvalue weighted by molar-refractivity contribution is -0.140. The summed E-state index contributed by atoms with van der Waals surface area (Å²) in [5, 5.41) is 18.7. The number of carbonyl (C=O) groups is 2. The number of nitrogens with two attached hydrogens (primary N) is 2. The van der Waals surface area contributed by atoms with Gasteiger partial charge in [-0.1, -0.05) is 26.3 Å². The van der Waals surface area contributed by atoms with E-state index in [0.29, 0.717) is 6.42 Å².